The van der Waals surface area contributed by atoms with Gasteiger partial charge in [-0.15, -0.1) is 0 Å². The highest BCUT2D eigenvalue weighted by molar-refractivity contribution is 9.10. The summed E-state index contributed by atoms with van der Waals surface area (Å²) >= 11 is 3.52. The Labute approximate surface area is 111 Å². The predicted octanol–water partition coefficient (Wildman–Crippen LogP) is 4.64. The van der Waals surface area contributed by atoms with Crippen molar-refractivity contribution < 1.29 is 4.74 Å². The van der Waals surface area contributed by atoms with Crippen molar-refractivity contribution in [2.45, 2.75) is 20.5 Å². The maximum absolute atomic E-state index is 5.84. The second-order valence-electron chi connectivity index (χ2n) is 4.14. The summed E-state index contributed by atoms with van der Waals surface area (Å²) in [5.41, 5.74) is 3.53. The Morgan fingerprint density at radius 3 is 2.41 bits per heavy atom. The van der Waals surface area contributed by atoms with Gasteiger partial charge in [-0.25, -0.2) is 0 Å². The summed E-state index contributed by atoms with van der Waals surface area (Å²) in [6.45, 7) is 4.74. The molecule has 2 rings (SSSR count). The van der Waals surface area contributed by atoms with Crippen molar-refractivity contribution in [1.82, 2.24) is 0 Å². The van der Waals surface area contributed by atoms with Crippen molar-refractivity contribution in [3.8, 4) is 5.75 Å². The Morgan fingerprint density at radius 1 is 1.00 bits per heavy atom. The smallest absolute Gasteiger partial charge is 0.123 e. The number of rotatable bonds is 3. The average Bonchev–Trinajstić information content (AvgIpc) is 2.33. The van der Waals surface area contributed by atoms with E-state index in [9.17, 15) is 0 Å². The lowest BCUT2D eigenvalue weighted by Crippen LogP contribution is -1.97. The van der Waals surface area contributed by atoms with E-state index in [4.69, 9.17) is 4.74 Å². The highest BCUT2D eigenvalue weighted by atomic mass is 79.9. The molecule has 0 heterocycles. The molecule has 17 heavy (non-hydrogen) atoms. The van der Waals surface area contributed by atoms with Crippen molar-refractivity contribution in [2.24, 2.45) is 0 Å². The molecule has 0 atom stereocenters. The Balaban J connectivity index is 2.12. The molecule has 0 spiro atoms. The Bertz CT molecular complexity index is 506. The summed E-state index contributed by atoms with van der Waals surface area (Å²) in [6.07, 6.45) is 0. The highest BCUT2D eigenvalue weighted by Gasteiger charge is 2.03. The maximum Gasteiger partial charge on any atom is 0.123 e. The van der Waals surface area contributed by atoms with Gasteiger partial charge in [-0.1, -0.05) is 46.3 Å². The SMILES string of the molecule is Cc1cc(OCc2ccccc2)c(C)cc1Br. The standard InChI is InChI=1S/C15H15BrO/c1-11-9-15(12(2)8-14(11)16)17-10-13-6-4-3-5-7-13/h3-9H,10H2,1-2H3. The Hall–Kier alpha value is -1.28. The van der Waals surface area contributed by atoms with Crippen LogP contribution in [-0.4, -0.2) is 0 Å². The molecule has 1 nitrogen and oxygen atoms in total. The molecule has 0 aromatic heterocycles. The van der Waals surface area contributed by atoms with Gasteiger partial charge in [-0.05, 0) is 42.7 Å². The summed E-state index contributed by atoms with van der Waals surface area (Å²) in [4.78, 5) is 0. The zero-order valence-corrected chi connectivity index (χ0v) is 11.6. The second kappa shape index (κ2) is 5.37. The maximum atomic E-state index is 5.84. The fourth-order valence-corrected chi connectivity index (χ4v) is 2.10. The molecule has 2 aromatic carbocycles. The zero-order valence-electron chi connectivity index (χ0n) is 10.0. The van der Waals surface area contributed by atoms with E-state index >= 15 is 0 Å². The van der Waals surface area contributed by atoms with Gasteiger partial charge in [0, 0.05) is 4.47 Å². The average molecular weight is 291 g/mol. The summed E-state index contributed by atoms with van der Waals surface area (Å²) in [6, 6.07) is 14.4. The first-order valence-electron chi connectivity index (χ1n) is 5.60. The normalized spacial score (nSPS) is 10.3. The lowest BCUT2D eigenvalue weighted by Gasteiger charge is -2.11. The molecule has 0 saturated carbocycles. The van der Waals surface area contributed by atoms with Crippen molar-refractivity contribution in [1.29, 1.82) is 0 Å². The number of ether oxygens (including phenoxy) is 1. The van der Waals surface area contributed by atoms with Crippen LogP contribution in [0.25, 0.3) is 0 Å². The first-order valence-corrected chi connectivity index (χ1v) is 6.39. The lowest BCUT2D eigenvalue weighted by molar-refractivity contribution is 0.304. The first kappa shape index (κ1) is 12.2. The summed E-state index contributed by atoms with van der Waals surface area (Å²) < 4.78 is 6.96. The molecule has 2 aromatic rings. The zero-order chi connectivity index (χ0) is 12.3. The largest absolute Gasteiger partial charge is 0.489 e. The highest BCUT2D eigenvalue weighted by Crippen LogP contribution is 2.26. The molecular weight excluding hydrogens is 276 g/mol. The van der Waals surface area contributed by atoms with Crippen LogP contribution in [0.3, 0.4) is 0 Å². The molecule has 0 amide bonds. The quantitative estimate of drug-likeness (QED) is 0.800. The molecule has 0 N–H and O–H groups in total. The van der Waals surface area contributed by atoms with Gasteiger partial charge in [0.2, 0.25) is 0 Å². The van der Waals surface area contributed by atoms with E-state index in [-0.39, 0.29) is 0 Å². The molecular formula is C15H15BrO. The van der Waals surface area contributed by atoms with Crippen molar-refractivity contribution in [3.63, 3.8) is 0 Å². The Morgan fingerprint density at radius 2 is 1.71 bits per heavy atom. The minimum Gasteiger partial charge on any atom is -0.489 e. The number of halogens is 1. The van der Waals surface area contributed by atoms with Crippen molar-refractivity contribution in [2.75, 3.05) is 0 Å². The molecule has 2 heteroatoms. The van der Waals surface area contributed by atoms with Gasteiger partial charge in [0.05, 0.1) is 0 Å². The van der Waals surface area contributed by atoms with Crippen LogP contribution in [0.2, 0.25) is 0 Å². The molecule has 0 aliphatic rings. The number of benzene rings is 2. The number of hydrogen-bond acceptors (Lipinski definition) is 1. The topological polar surface area (TPSA) is 9.23 Å². The van der Waals surface area contributed by atoms with Gasteiger partial charge >= 0.3 is 0 Å². The molecule has 0 fully saturated rings. The van der Waals surface area contributed by atoms with E-state index < -0.39 is 0 Å². The third-order valence-corrected chi connectivity index (χ3v) is 3.55. The van der Waals surface area contributed by atoms with Crippen LogP contribution in [-0.2, 0) is 6.61 Å². The van der Waals surface area contributed by atoms with E-state index in [0.29, 0.717) is 6.61 Å². The van der Waals surface area contributed by atoms with Gasteiger partial charge in [0.1, 0.15) is 12.4 Å². The third kappa shape index (κ3) is 3.10. The van der Waals surface area contributed by atoms with E-state index in [0.717, 1.165) is 15.8 Å². The predicted molar refractivity (Wildman–Crippen MR) is 74.4 cm³/mol. The molecule has 0 aliphatic heterocycles. The molecule has 0 saturated heterocycles. The fraction of sp³-hybridized carbons (Fsp3) is 0.200. The summed E-state index contributed by atoms with van der Waals surface area (Å²) in [7, 11) is 0. The molecule has 0 unspecified atom stereocenters. The van der Waals surface area contributed by atoms with Gasteiger partial charge in [-0.3, -0.25) is 0 Å². The lowest BCUT2D eigenvalue weighted by atomic mass is 10.1. The Kier molecular flexibility index (Phi) is 3.85. The van der Waals surface area contributed by atoms with Crippen LogP contribution in [0, 0.1) is 13.8 Å². The van der Waals surface area contributed by atoms with Crippen LogP contribution in [0.4, 0.5) is 0 Å². The van der Waals surface area contributed by atoms with Crippen LogP contribution in [0.5, 0.6) is 5.75 Å². The van der Waals surface area contributed by atoms with Crippen LogP contribution in [0.15, 0.2) is 46.9 Å². The number of aryl methyl sites for hydroxylation is 2. The fourth-order valence-electron chi connectivity index (χ4n) is 1.65. The molecule has 0 aliphatic carbocycles. The van der Waals surface area contributed by atoms with Gasteiger partial charge in [-0.2, -0.15) is 0 Å². The molecule has 0 bridgehead atoms. The number of hydrogen-bond donors (Lipinski definition) is 0. The third-order valence-electron chi connectivity index (χ3n) is 2.69. The van der Waals surface area contributed by atoms with E-state index in [2.05, 4.69) is 54.0 Å². The van der Waals surface area contributed by atoms with E-state index in [1.54, 1.807) is 0 Å². The summed E-state index contributed by atoms with van der Waals surface area (Å²) in [5, 5.41) is 0. The van der Waals surface area contributed by atoms with Gasteiger partial charge in [0.15, 0.2) is 0 Å². The molecule has 88 valence electrons. The van der Waals surface area contributed by atoms with Crippen LogP contribution < -0.4 is 4.74 Å². The van der Waals surface area contributed by atoms with Gasteiger partial charge in [0.25, 0.3) is 0 Å². The second-order valence-corrected chi connectivity index (χ2v) is 5.00. The van der Waals surface area contributed by atoms with Gasteiger partial charge < -0.3 is 4.74 Å². The van der Waals surface area contributed by atoms with Crippen LogP contribution >= 0.6 is 15.9 Å². The minimum absolute atomic E-state index is 0.614. The first-order chi connectivity index (χ1) is 8.16. The molecule has 0 radical (unpaired) electrons. The van der Waals surface area contributed by atoms with E-state index in [1.807, 2.05) is 18.2 Å². The monoisotopic (exact) mass is 290 g/mol. The van der Waals surface area contributed by atoms with E-state index in [1.165, 1.54) is 11.1 Å². The minimum atomic E-state index is 0.614. The van der Waals surface area contributed by atoms with Crippen LogP contribution in [0.1, 0.15) is 16.7 Å². The van der Waals surface area contributed by atoms with Crippen molar-refractivity contribution >= 4 is 15.9 Å². The summed E-state index contributed by atoms with van der Waals surface area (Å²) in [5.74, 6) is 0.953. The van der Waals surface area contributed by atoms with Crippen molar-refractivity contribution in [3.05, 3.63) is 63.6 Å².